The molecule has 0 aliphatic heterocycles. The lowest BCUT2D eigenvalue weighted by Gasteiger charge is -2.08. The van der Waals surface area contributed by atoms with Gasteiger partial charge >= 0.3 is 0 Å². The summed E-state index contributed by atoms with van der Waals surface area (Å²) in [5, 5.41) is 9.90. The van der Waals surface area contributed by atoms with Crippen molar-refractivity contribution in [3.05, 3.63) is 68.9 Å². The van der Waals surface area contributed by atoms with Crippen molar-refractivity contribution in [1.29, 1.82) is 0 Å². The summed E-state index contributed by atoms with van der Waals surface area (Å²) in [7, 11) is 0. The maximum Gasteiger partial charge on any atom is 0.270 e. The van der Waals surface area contributed by atoms with E-state index in [4.69, 9.17) is 0 Å². The molecule has 3 rings (SSSR count). The van der Waals surface area contributed by atoms with Gasteiger partial charge in [0.2, 0.25) is 0 Å². The molecule has 0 aliphatic rings. The number of aryl methyl sites for hydroxylation is 1. The minimum Gasteiger partial charge on any atom is -0.349 e. The highest BCUT2D eigenvalue weighted by atomic mass is 32.1. The lowest BCUT2D eigenvalue weighted by Crippen LogP contribution is -2.32. The van der Waals surface area contributed by atoms with E-state index in [1.165, 1.54) is 22.1 Å². The van der Waals surface area contributed by atoms with Gasteiger partial charge in [-0.3, -0.25) is 9.59 Å². The van der Waals surface area contributed by atoms with E-state index in [9.17, 15) is 9.59 Å². The third-order valence-electron chi connectivity index (χ3n) is 3.79. The summed E-state index contributed by atoms with van der Waals surface area (Å²) in [6, 6.07) is 12.9. The Morgan fingerprint density at radius 1 is 1.19 bits per heavy atom. The molecule has 2 heterocycles. The second kappa shape index (κ2) is 8.53. The molecule has 26 heavy (non-hydrogen) atoms. The Balaban J connectivity index is 1.62. The van der Waals surface area contributed by atoms with Gasteiger partial charge in [-0.25, -0.2) is 9.67 Å². The van der Waals surface area contributed by atoms with Gasteiger partial charge in [0.15, 0.2) is 0 Å². The van der Waals surface area contributed by atoms with Crippen LogP contribution in [0.1, 0.15) is 28.8 Å². The number of rotatable bonds is 7. The third kappa shape index (κ3) is 4.43. The quantitative estimate of drug-likeness (QED) is 0.696. The number of amides is 1. The van der Waals surface area contributed by atoms with Gasteiger partial charge in [0.05, 0.1) is 17.2 Å². The molecular weight excluding hydrogens is 348 g/mol. The number of hydrogen-bond donors (Lipinski definition) is 1. The number of benzene rings is 1. The molecule has 6 nitrogen and oxygen atoms in total. The van der Waals surface area contributed by atoms with E-state index < -0.39 is 0 Å². The standard InChI is InChI=1S/C19H20N4O2S/c1-2-6-17-21-16(13-26-17)19(25)20-11-12-23-18(24)10-9-15(22-23)14-7-4-3-5-8-14/h3-5,7-10,13H,2,6,11-12H2,1H3,(H,20,25). The predicted octanol–water partition coefficient (Wildman–Crippen LogP) is 2.75. The molecule has 1 N–H and O–H groups in total. The maximum atomic E-state index is 12.2. The average molecular weight is 368 g/mol. The molecule has 0 fully saturated rings. The molecule has 0 radical (unpaired) electrons. The summed E-state index contributed by atoms with van der Waals surface area (Å²) in [6.45, 7) is 2.69. The van der Waals surface area contributed by atoms with Crippen molar-refractivity contribution in [2.24, 2.45) is 0 Å². The first-order valence-corrected chi connectivity index (χ1v) is 9.41. The lowest BCUT2D eigenvalue weighted by molar-refractivity contribution is 0.0947. The average Bonchev–Trinajstić information content (AvgIpc) is 3.13. The second-order valence-corrected chi connectivity index (χ2v) is 6.72. The van der Waals surface area contributed by atoms with Gasteiger partial charge in [0.25, 0.3) is 11.5 Å². The molecule has 1 aromatic carbocycles. The van der Waals surface area contributed by atoms with Crippen LogP contribution in [0.3, 0.4) is 0 Å². The molecule has 0 saturated heterocycles. The van der Waals surface area contributed by atoms with Crippen molar-refractivity contribution >= 4 is 17.2 Å². The maximum absolute atomic E-state index is 12.2. The van der Waals surface area contributed by atoms with Crippen molar-refractivity contribution in [2.45, 2.75) is 26.3 Å². The van der Waals surface area contributed by atoms with Gasteiger partial charge in [-0.1, -0.05) is 37.3 Å². The minimum absolute atomic E-state index is 0.196. The van der Waals surface area contributed by atoms with Gasteiger partial charge in [-0.05, 0) is 18.9 Å². The molecule has 2 aromatic heterocycles. The van der Waals surface area contributed by atoms with Crippen LogP contribution in [0.25, 0.3) is 11.3 Å². The Hall–Kier alpha value is -2.80. The molecule has 3 aromatic rings. The fourth-order valence-corrected chi connectivity index (χ4v) is 3.36. The highest BCUT2D eigenvalue weighted by molar-refractivity contribution is 7.09. The number of carbonyl (C=O) groups excluding carboxylic acids is 1. The van der Waals surface area contributed by atoms with Crippen molar-refractivity contribution in [2.75, 3.05) is 6.54 Å². The van der Waals surface area contributed by atoms with Gasteiger partial charge in [0.1, 0.15) is 5.69 Å². The Bertz CT molecular complexity index is 934. The largest absolute Gasteiger partial charge is 0.349 e. The Kier molecular flexibility index (Phi) is 5.91. The molecule has 0 unspecified atom stereocenters. The second-order valence-electron chi connectivity index (χ2n) is 5.78. The fourth-order valence-electron chi connectivity index (χ4n) is 2.48. The van der Waals surface area contributed by atoms with Gasteiger partial charge in [0, 0.05) is 23.6 Å². The van der Waals surface area contributed by atoms with E-state index in [2.05, 4.69) is 22.3 Å². The Labute approximate surface area is 155 Å². The van der Waals surface area contributed by atoms with E-state index in [-0.39, 0.29) is 11.5 Å². The summed E-state index contributed by atoms with van der Waals surface area (Å²) in [5.74, 6) is -0.226. The van der Waals surface area contributed by atoms with Crippen molar-refractivity contribution in [3.63, 3.8) is 0 Å². The number of aromatic nitrogens is 3. The van der Waals surface area contributed by atoms with Crippen LogP contribution in [0, 0.1) is 0 Å². The highest BCUT2D eigenvalue weighted by Crippen LogP contribution is 2.14. The molecule has 0 atom stereocenters. The van der Waals surface area contributed by atoms with Crippen LogP contribution in [-0.4, -0.2) is 27.2 Å². The topological polar surface area (TPSA) is 76.9 Å². The predicted molar refractivity (Wildman–Crippen MR) is 102 cm³/mol. The summed E-state index contributed by atoms with van der Waals surface area (Å²) >= 11 is 1.49. The van der Waals surface area contributed by atoms with Gasteiger partial charge in [-0.15, -0.1) is 11.3 Å². The smallest absolute Gasteiger partial charge is 0.270 e. The first-order chi connectivity index (χ1) is 12.7. The van der Waals surface area contributed by atoms with Gasteiger partial charge < -0.3 is 5.32 Å². The normalized spacial score (nSPS) is 10.7. The summed E-state index contributed by atoms with van der Waals surface area (Å²) in [5.41, 5.74) is 1.89. The molecule has 0 aliphatic carbocycles. The molecule has 0 spiro atoms. The lowest BCUT2D eigenvalue weighted by atomic mass is 10.1. The van der Waals surface area contributed by atoms with Gasteiger partial charge in [-0.2, -0.15) is 5.10 Å². The van der Waals surface area contributed by atoms with Crippen molar-refractivity contribution in [1.82, 2.24) is 20.1 Å². The summed E-state index contributed by atoms with van der Waals surface area (Å²) in [6.07, 6.45) is 1.88. The van der Waals surface area contributed by atoms with E-state index >= 15 is 0 Å². The summed E-state index contributed by atoms with van der Waals surface area (Å²) < 4.78 is 1.37. The molecular formula is C19H20N4O2S. The number of thiazole rings is 1. The molecule has 0 bridgehead atoms. The van der Waals surface area contributed by atoms with E-state index in [1.807, 2.05) is 30.3 Å². The van der Waals surface area contributed by atoms with Crippen molar-refractivity contribution < 1.29 is 4.79 Å². The van der Waals surface area contributed by atoms with Crippen LogP contribution in [0.5, 0.6) is 0 Å². The van der Waals surface area contributed by atoms with Crippen molar-refractivity contribution in [3.8, 4) is 11.3 Å². The van der Waals surface area contributed by atoms with Crippen LogP contribution < -0.4 is 10.9 Å². The van der Waals surface area contributed by atoms with E-state index in [0.717, 1.165) is 29.1 Å². The number of hydrogen-bond acceptors (Lipinski definition) is 5. The van der Waals surface area contributed by atoms with Crippen LogP contribution in [0.4, 0.5) is 0 Å². The van der Waals surface area contributed by atoms with E-state index in [1.54, 1.807) is 11.4 Å². The minimum atomic E-state index is -0.226. The molecule has 7 heteroatoms. The molecule has 134 valence electrons. The molecule has 1 amide bonds. The monoisotopic (exact) mass is 368 g/mol. The highest BCUT2D eigenvalue weighted by Gasteiger charge is 2.10. The number of nitrogens with zero attached hydrogens (tertiary/aromatic N) is 3. The number of carbonyl (C=O) groups is 1. The molecule has 0 saturated carbocycles. The third-order valence-corrected chi connectivity index (χ3v) is 4.70. The number of nitrogens with one attached hydrogen (secondary N) is 1. The summed E-state index contributed by atoms with van der Waals surface area (Å²) in [4.78, 5) is 28.5. The Morgan fingerprint density at radius 3 is 2.77 bits per heavy atom. The zero-order chi connectivity index (χ0) is 18.4. The van der Waals surface area contributed by atoms with Crippen LogP contribution in [0.15, 0.2) is 52.6 Å². The first-order valence-electron chi connectivity index (χ1n) is 8.53. The first kappa shape index (κ1) is 18.0. The zero-order valence-corrected chi connectivity index (χ0v) is 15.3. The Morgan fingerprint density at radius 2 is 2.00 bits per heavy atom. The zero-order valence-electron chi connectivity index (χ0n) is 14.5. The van der Waals surface area contributed by atoms with E-state index in [0.29, 0.717) is 18.8 Å². The van der Waals surface area contributed by atoms with Crippen LogP contribution >= 0.6 is 11.3 Å². The SMILES string of the molecule is CCCc1nc(C(=O)NCCn2nc(-c3ccccc3)ccc2=O)cs1. The van der Waals surface area contributed by atoms with Crippen LogP contribution in [-0.2, 0) is 13.0 Å². The fraction of sp³-hybridized carbons (Fsp3) is 0.263. The van der Waals surface area contributed by atoms with Crippen LogP contribution in [0.2, 0.25) is 0 Å².